The first-order valence-electron chi connectivity index (χ1n) is 7.13. The van der Waals surface area contributed by atoms with Crippen molar-refractivity contribution in [2.24, 2.45) is 0 Å². The highest BCUT2D eigenvalue weighted by atomic mass is 32.3. The van der Waals surface area contributed by atoms with E-state index in [-0.39, 0.29) is 26.2 Å². The number of alkyl halides is 1. The van der Waals surface area contributed by atoms with E-state index in [0.717, 1.165) is 0 Å². The number of piperidine rings is 1. The molecule has 3 fully saturated rings. The van der Waals surface area contributed by atoms with E-state index in [1.807, 2.05) is 0 Å². The van der Waals surface area contributed by atoms with Crippen molar-refractivity contribution in [2.45, 2.75) is 30.6 Å². The van der Waals surface area contributed by atoms with Gasteiger partial charge in [0, 0.05) is 19.6 Å². The Kier molecular flexibility index (Phi) is 3.94. The van der Waals surface area contributed by atoms with Crippen molar-refractivity contribution in [3.63, 3.8) is 0 Å². The summed E-state index contributed by atoms with van der Waals surface area (Å²) < 4.78 is 48.4. The van der Waals surface area contributed by atoms with E-state index in [1.165, 1.54) is 4.90 Å². The summed E-state index contributed by atoms with van der Waals surface area (Å²) >= 11 is 0. The molecule has 0 spiro atoms. The minimum atomic E-state index is -4.82. The van der Waals surface area contributed by atoms with Crippen molar-refractivity contribution in [3.05, 3.63) is 0 Å². The van der Waals surface area contributed by atoms with Gasteiger partial charge in [-0.3, -0.25) is 9.35 Å². The summed E-state index contributed by atoms with van der Waals surface area (Å²) in [5.41, 5.74) is -1.47. The van der Waals surface area contributed by atoms with Crippen molar-refractivity contribution in [1.29, 1.82) is 0 Å². The fourth-order valence-electron chi connectivity index (χ4n) is 2.99. The van der Waals surface area contributed by atoms with Crippen LogP contribution in [-0.2, 0) is 19.5 Å². The summed E-state index contributed by atoms with van der Waals surface area (Å²) in [6.45, 7) is 0.290. The van der Waals surface area contributed by atoms with Gasteiger partial charge >= 0.3 is 16.4 Å². The van der Waals surface area contributed by atoms with Crippen LogP contribution in [0.1, 0.15) is 12.8 Å². The predicted octanol–water partition coefficient (Wildman–Crippen LogP) is -1.58. The second-order valence-electron chi connectivity index (χ2n) is 5.98. The number of hydrogen-bond acceptors (Lipinski definition) is 6. The van der Waals surface area contributed by atoms with Crippen LogP contribution >= 0.6 is 0 Å². The number of fused-ring (bicyclic) bond motifs is 2. The molecule has 130 valence electrons. The van der Waals surface area contributed by atoms with Crippen molar-refractivity contribution >= 4 is 22.3 Å². The average Bonchev–Trinajstić information content (AvgIpc) is 2.66. The Hall–Kier alpha value is -1.50. The van der Waals surface area contributed by atoms with E-state index in [4.69, 9.17) is 4.55 Å². The normalized spacial score (nSPS) is 29.4. The third-order valence-corrected chi connectivity index (χ3v) is 4.61. The fraction of sp³-hybridized carbons (Fsp3) is 0.818. The lowest BCUT2D eigenvalue weighted by Gasteiger charge is -2.36. The smallest absolute Gasteiger partial charge is 0.351 e. The summed E-state index contributed by atoms with van der Waals surface area (Å²) in [4.78, 5) is 25.5. The standard InChI is InChI=1S/C11H17FN4O6S/c12-11(4-13-5-11)6-14-9(17)8-2-1-7-3-15(8)10(18)16(7)22-23(19,20)21/h7-8,13H,1-6H2,(H,14,17)(H,19,20,21)/t7-,8+/m1/s1. The van der Waals surface area contributed by atoms with E-state index in [9.17, 15) is 22.4 Å². The maximum atomic E-state index is 13.9. The molecule has 0 aromatic carbocycles. The van der Waals surface area contributed by atoms with Gasteiger partial charge in [-0.2, -0.15) is 13.5 Å². The van der Waals surface area contributed by atoms with E-state index in [2.05, 4.69) is 14.9 Å². The molecule has 3 amide bonds. The first-order valence-corrected chi connectivity index (χ1v) is 8.49. The second kappa shape index (κ2) is 5.54. The Bertz CT molecular complexity index is 624. The quantitative estimate of drug-likeness (QED) is 0.509. The van der Waals surface area contributed by atoms with Crippen molar-refractivity contribution in [2.75, 3.05) is 26.2 Å². The van der Waals surface area contributed by atoms with E-state index in [0.29, 0.717) is 17.9 Å². The number of carbonyl (C=O) groups is 2. The predicted molar refractivity (Wildman–Crippen MR) is 73.1 cm³/mol. The molecule has 3 saturated heterocycles. The number of hydroxylamine groups is 2. The molecule has 0 radical (unpaired) electrons. The zero-order chi connectivity index (χ0) is 16.8. The molecule has 0 aliphatic carbocycles. The summed E-state index contributed by atoms with van der Waals surface area (Å²) in [6, 6.07) is -2.19. The first kappa shape index (κ1) is 16.4. The molecule has 3 rings (SSSR count). The Morgan fingerprint density at radius 3 is 2.74 bits per heavy atom. The lowest BCUT2D eigenvalue weighted by molar-refractivity contribution is -0.127. The largest absolute Gasteiger partial charge is 0.418 e. The number of nitrogens with one attached hydrogen (secondary N) is 2. The Balaban J connectivity index is 1.62. The van der Waals surface area contributed by atoms with Crippen LogP contribution in [0, 0.1) is 0 Å². The molecule has 2 atom stereocenters. The fourth-order valence-corrected chi connectivity index (χ4v) is 3.38. The molecule has 0 aromatic rings. The molecule has 3 heterocycles. The van der Waals surface area contributed by atoms with Crippen molar-refractivity contribution in [1.82, 2.24) is 20.6 Å². The lowest BCUT2D eigenvalue weighted by atomic mass is 9.98. The third kappa shape index (κ3) is 3.24. The zero-order valence-corrected chi connectivity index (χ0v) is 12.9. The number of amides is 3. The molecule has 0 unspecified atom stereocenters. The Morgan fingerprint density at radius 2 is 2.17 bits per heavy atom. The zero-order valence-electron chi connectivity index (χ0n) is 12.1. The molecular formula is C11H17FN4O6S. The van der Waals surface area contributed by atoms with E-state index >= 15 is 0 Å². The number of rotatable bonds is 5. The van der Waals surface area contributed by atoms with Crippen LogP contribution in [0.15, 0.2) is 0 Å². The number of carbonyl (C=O) groups excluding carboxylic acids is 2. The number of nitrogens with zero attached hydrogens (tertiary/aromatic N) is 2. The molecular weight excluding hydrogens is 335 g/mol. The highest BCUT2D eigenvalue weighted by Gasteiger charge is 2.49. The molecule has 3 N–H and O–H groups in total. The van der Waals surface area contributed by atoms with Crippen molar-refractivity contribution in [3.8, 4) is 0 Å². The summed E-state index contributed by atoms with van der Waals surface area (Å²) in [5.74, 6) is -0.491. The lowest BCUT2D eigenvalue weighted by Crippen LogP contribution is -2.63. The molecule has 3 aliphatic heterocycles. The van der Waals surface area contributed by atoms with Crippen LogP contribution < -0.4 is 10.6 Å². The minimum absolute atomic E-state index is 0.106. The van der Waals surface area contributed by atoms with Gasteiger partial charge in [-0.1, -0.05) is 0 Å². The highest BCUT2D eigenvalue weighted by Crippen LogP contribution is 2.30. The van der Waals surface area contributed by atoms with Crippen LogP contribution in [0.2, 0.25) is 0 Å². The Morgan fingerprint density at radius 1 is 1.48 bits per heavy atom. The molecule has 23 heavy (non-hydrogen) atoms. The SMILES string of the molecule is O=C(NCC1(F)CNC1)[C@@H]1CC[C@@H]2CN1C(=O)N2OS(=O)(=O)O. The van der Waals surface area contributed by atoms with E-state index < -0.39 is 40.1 Å². The van der Waals surface area contributed by atoms with E-state index in [1.54, 1.807) is 0 Å². The third-order valence-electron chi connectivity index (χ3n) is 4.26. The van der Waals surface area contributed by atoms with Gasteiger partial charge in [0.15, 0.2) is 5.67 Å². The number of halogens is 1. The monoisotopic (exact) mass is 352 g/mol. The molecule has 10 nitrogen and oxygen atoms in total. The summed E-state index contributed by atoms with van der Waals surface area (Å²) in [5, 5.41) is 5.82. The minimum Gasteiger partial charge on any atom is -0.351 e. The molecule has 0 saturated carbocycles. The van der Waals surface area contributed by atoms with Crippen LogP contribution in [0.5, 0.6) is 0 Å². The molecule has 12 heteroatoms. The average molecular weight is 352 g/mol. The van der Waals surface area contributed by atoms with Crippen LogP contribution in [0.4, 0.5) is 9.18 Å². The van der Waals surface area contributed by atoms with Crippen LogP contribution in [0.25, 0.3) is 0 Å². The van der Waals surface area contributed by atoms with Gasteiger partial charge in [-0.05, 0) is 12.8 Å². The molecule has 0 aromatic heterocycles. The van der Waals surface area contributed by atoms with Gasteiger partial charge in [-0.15, -0.1) is 4.28 Å². The summed E-state index contributed by atoms with van der Waals surface area (Å²) in [7, 11) is -4.82. The van der Waals surface area contributed by atoms with Gasteiger partial charge in [0.1, 0.15) is 6.04 Å². The van der Waals surface area contributed by atoms with Crippen molar-refractivity contribution < 1.29 is 31.2 Å². The Labute approximate surface area is 131 Å². The van der Waals surface area contributed by atoms with Gasteiger partial charge in [0.25, 0.3) is 0 Å². The highest BCUT2D eigenvalue weighted by molar-refractivity contribution is 7.80. The number of hydrogen-bond donors (Lipinski definition) is 3. The van der Waals surface area contributed by atoms with Crippen LogP contribution in [-0.4, -0.2) is 78.8 Å². The molecule has 2 bridgehead atoms. The van der Waals surface area contributed by atoms with Gasteiger partial charge in [-0.25, -0.2) is 9.18 Å². The molecule has 3 aliphatic rings. The van der Waals surface area contributed by atoms with Gasteiger partial charge in [0.2, 0.25) is 5.91 Å². The topological polar surface area (TPSA) is 128 Å². The van der Waals surface area contributed by atoms with Gasteiger partial charge in [0.05, 0.1) is 12.6 Å². The second-order valence-corrected chi connectivity index (χ2v) is 6.99. The number of urea groups is 1. The summed E-state index contributed by atoms with van der Waals surface area (Å²) in [6.07, 6.45) is 0.628. The van der Waals surface area contributed by atoms with Gasteiger partial charge < -0.3 is 15.5 Å². The van der Waals surface area contributed by atoms with Crippen LogP contribution in [0.3, 0.4) is 0 Å². The maximum Gasteiger partial charge on any atom is 0.418 e. The first-order chi connectivity index (χ1) is 10.7. The maximum absolute atomic E-state index is 13.9.